The number of fused-ring (bicyclic) bond motifs is 1. The van der Waals surface area contributed by atoms with Crippen LogP contribution in [0.4, 0.5) is 10.6 Å². The lowest BCUT2D eigenvalue weighted by Crippen LogP contribution is -2.37. The fourth-order valence-corrected chi connectivity index (χ4v) is 5.73. The molecule has 10 heteroatoms. The Hall–Kier alpha value is -2.98. The lowest BCUT2D eigenvalue weighted by molar-refractivity contribution is 0.0378. The summed E-state index contributed by atoms with van der Waals surface area (Å²) in [6, 6.07) is 7.50. The van der Waals surface area contributed by atoms with Crippen LogP contribution in [0.25, 0.3) is 21.6 Å². The fourth-order valence-electron chi connectivity index (χ4n) is 4.67. The molecular formula is C27H31ClN6O2S. The van der Waals surface area contributed by atoms with Gasteiger partial charge in [-0.15, -0.1) is 11.3 Å². The highest BCUT2D eigenvalue weighted by Gasteiger charge is 2.26. The largest absolute Gasteiger partial charge is 0.379 e. The third-order valence-electron chi connectivity index (χ3n) is 6.86. The Kier molecular flexibility index (Phi) is 7.76. The number of anilines is 1. The number of amides is 2. The Bertz CT molecular complexity index is 1350. The predicted molar refractivity (Wildman–Crippen MR) is 150 cm³/mol. The summed E-state index contributed by atoms with van der Waals surface area (Å²) < 4.78 is 6.49. The average molecular weight is 539 g/mol. The van der Waals surface area contributed by atoms with Gasteiger partial charge < -0.3 is 21.1 Å². The first-order valence-electron chi connectivity index (χ1n) is 12.5. The van der Waals surface area contributed by atoms with E-state index in [4.69, 9.17) is 32.0 Å². The van der Waals surface area contributed by atoms with Crippen molar-refractivity contribution in [1.82, 2.24) is 20.2 Å². The zero-order chi connectivity index (χ0) is 25.8. The molecule has 5 rings (SSSR count). The number of nitrogens with two attached hydrogens (primary N) is 1. The molecule has 0 saturated carbocycles. The second-order valence-electron chi connectivity index (χ2n) is 9.56. The number of rotatable bonds is 8. The van der Waals surface area contributed by atoms with E-state index >= 15 is 0 Å². The van der Waals surface area contributed by atoms with E-state index in [0.717, 1.165) is 73.0 Å². The van der Waals surface area contributed by atoms with Crippen LogP contribution < -0.4 is 16.4 Å². The molecule has 1 saturated heterocycles. The van der Waals surface area contributed by atoms with Gasteiger partial charge in [-0.1, -0.05) is 36.7 Å². The minimum atomic E-state index is -0.569. The number of hydrogen-bond acceptors (Lipinski definition) is 7. The molecule has 37 heavy (non-hydrogen) atoms. The molecule has 3 aromatic rings. The maximum Gasteiger partial charge on any atom is 0.316 e. The molecule has 4 N–H and O–H groups in total. The van der Waals surface area contributed by atoms with Crippen LogP contribution in [0, 0.1) is 0 Å². The van der Waals surface area contributed by atoms with Crippen molar-refractivity contribution in [3.05, 3.63) is 64.2 Å². The molecule has 2 aliphatic rings. The van der Waals surface area contributed by atoms with Crippen LogP contribution >= 0.6 is 22.9 Å². The summed E-state index contributed by atoms with van der Waals surface area (Å²) in [5.41, 5.74) is 8.46. The Balaban J connectivity index is 1.32. The first-order valence-corrected chi connectivity index (χ1v) is 13.7. The number of carbonyl (C=O) groups excluding carboxylic acids is 1. The minimum Gasteiger partial charge on any atom is -0.379 e. The summed E-state index contributed by atoms with van der Waals surface area (Å²) in [6.45, 7) is 7.64. The lowest BCUT2D eigenvalue weighted by atomic mass is 9.76. The quantitative estimate of drug-likeness (QED) is 0.352. The number of hydrogen-bond donors (Lipinski definition) is 3. The highest BCUT2D eigenvalue weighted by atomic mass is 35.5. The van der Waals surface area contributed by atoms with Crippen molar-refractivity contribution in [3.63, 3.8) is 0 Å². The van der Waals surface area contributed by atoms with E-state index in [0.29, 0.717) is 23.0 Å². The molecule has 1 aromatic carbocycles. The predicted octanol–water partition coefficient (Wildman–Crippen LogP) is 4.92. The number of urea groups is 1. The molecule has 2 aromatic heterocycles. The van der Waals surface area contributed by atoms with Crippen molar-refractivity contribution >= 4 is 45.0 Å². The number of nitrogens with zero attached hydrogens (tertiary/aromatic N) is 3. The van der Waals surface area contributed by atoms with Crippen LogP contribution in [0.1, 0.15) is 25.3 Å². The van der Waals surface area contributed by atoms with Crippen molar-refractivity contribution in [2.45, 2.75) is 25.2 Å². The Labute approximate surface area is 225 Å². The Morgan fingerprint density at radius 2 is 2.11 bits per heavy atom. The molecule has 1 atom stereocenters. The van der Waals surface area contributed by atoms with Crippen LogP contribution in [0.15, 0.2) is 53.6 Å². The van der Waals surface area contributed by atoms with E-state index in [-0.39, 0.29) is 5.41 Å². The zero-order valence-corrected chi connectivity index (χ0v) is 22.4. The summed E-state index contributed by atoms with van der Waals surface area (Å²) in [6.07, 6.45) is 7.65. The van der Waals surface area contributed by atoms with Gasteiger partial charge in [-0.05, 0) is 54.6 Å². The highest BCUT2D eigenvalue weighted by Crippen LogP contribution is 2.38. The van der Waals surface area contributed by atoms with E-state index in [1.807, 2.05) is 35.7 Å². The zero-order valence-electron chi connectivity index (χ0n) is 20.8. The molecule has 8 nitrogen and oxygen atoms in total. The molecule has 1 unspecified atom stereocenters. The fraction of sp³-hybridized carbons (Fsp3) is 0.370. The average Bonchev–Trinajstić information content (AvgIpc) is 3.37. The molecule has 0 radical (unpaired) electrons. The normalized spacial score (nSPS) is 20.1. The van der Waals surface area contributed by atoms with Crippen LogP contribution in [0.3, 0.4) is 0 Å². The van der Waals surface area contributed by atoms with E-state index < -0.39 is 6.03 Å². The number of aromatic nitrogens is 2. The standard InChI is InChI=1S/C27H31ClN6O2S/c1-27(8-5-19(6-9-27)31-26(29)35)18-3-4-20(21(28)17-18)24-32-22-7-16-37-23(22)25(33-24)30-10-2-11-34-12-14-36-15-13-34/h3-8,16-17H,2,9-15H2,1H3,(H3,29,31,35)(H,30,32,33). The van der Waals surface area contributed by atoms with Crippen LogP contribution in [-0.2, 0) is 10.2 Å². The number of carbonyl (C=O) groups is 1. The van der Waals surface area contributed by atoms with Gasteiger partial charge in [0.05, 0.1) is 28.5 Å². The van der Waals surface area contributed by atoms with Gasteiger partial charge in [-0.2, -0.15) is 0 Å². The van der Waals surface area contributed by atoms with Crippen LogP contribution in [-0.4, -0.2) is 60.3 Å². The van der Waals surface area contributed by atoms with Gasteiger partial charge in [0, 0.05) is 36.3 Å². The van der Waals surface area contributed by atoms with Crippen molar-refractivity contribution in [2.24, 2.45) is 5.73 Å². The first-order chi connectivity index (χ1) is 17.9. The SMILES string of the molecule is CC1(c2ccc(-c3nc(NCCCN4CCOCC4)c4sccc4n3)c(Cl)c2)C=CC(NC(N)=O)=CC1. The van der Waals surface area contributed by atoms with E-state index in [9.17, 15) is 4.79 Å². The smallest absolute Gasteiger partial charge is 0.316 e. The van der Waals surface area contributed by atoms with Gasteiger partial charge in [-0.3, -0.25) is 4.90 Å². The number of allylic oxidation sites excluding steroid dienone is 3. The van der Waals surface area contributed by atoms with Crippen molar-refractivity contribution in [3.8, 4) is 11.4 Å². The van der Waals surface area contributed by atoms with Gasteiger partial charge in [0.1, 0.15) is 5.82 Å². The molecule has 3 heterocycles. The van der Waals surface area contributed by atoms with Crippen LogP contribution in [0.2, 0.25) is 5.02 Å². The maximum absolute atomic E-state index is 11.1. The number of nitrogens with one attached hydrogen (secondary N) is 2. The summed E-state index contributed by atoms with van der Waals surface area (Å²) in [4.78, 5) is 23.3. The third kappa shape index (κ3) is 5.96. The van der Waals surface area contributed by atoms with Gasteiger partial charge >= 0.3 is 6.03 Å². The summed E-state index contributed by atoms with van der Waals surface area (Å²) in [5.74, 6) is 1.45. The summed E-state index contributed by atoms with van der Waals surface area (Å²) in [5, 5.41) is 8.80. The number of thiophene rings is 1. The first kappa shape index (κ1) is 25.7. The molecule has 1 aliphatic carbocycles. The topological polar surface area (TPSA) is 105 Å². The Morgan fingerprint density at radius 1 is 1.27 bits per heavy atom. The van der Waals surface area contributed by atoms with Gasteiger partial charge in [0.2, 0.25) is 0 Å². The van der Waals surface area contributed by atoms with Gasteiger partial charge in [0.15, 0.2) is 5.82 Å². The van der Waals surface area contributed by atoms with E-state index in [1.165, 1.54) is 0 Å². The molecule has 1 aliphatic heterocycles. The maximum atomic E-state index is 11.1. The highest BCUT2D eigenvalue weighted by molar-refractivity contribution is 7.17. The molecule has 194 valence electrons. The second kappa shape index (κ2) is 11.2. The number of morpholine rings is 1. The third-order valence-corrected chi connectivity index (χ3v) is 8.09. The lowest BCUT2D eigenvalue weighted by Gasteiger charge is -2.29. The number of primary amides is 1. The molecule has 1 fully saturated rings. The monoisotopic (exact) mass is 538 g/mol. The summed E-state index contributed by atoms with van der Waals surface area (Å²) in [7, 11) is 0. The van der Waals surface area contributed by atoms with Gasteiger partial charge in [0.25, 0.3) is 0 Å². The van der Waals surface area contributed by atoms with Crippen molar-refractivity contribution < 1.29 is 9.53 Å². The van der Waals surface area contributed by atoms with Gasteiger partial charge in [-0.25, -0.2) is 14.8 Å². The van der Waals surface area contributed by atoms with Crippen molar-refractivity contribution in [2.75, 3.05) is 44.7 Å². The molecule has 2 amide bonds. The van der Waals surface area contributed by atoms with E-state index in [2.05, 4.69) is 34.6 Å². The van der Waals surface area contributed by atoms with Crippen LogP contribution in [0.5, 0.6) is 0 Å². The minimum absolute atomic E-state index is 0.254. The summed E-state index contributed by atoms with van der Waals surface area (Å²) >= 11 is 8.44. The number of halogens is 1. The number of benzene rings is 1. The second-order valence-corrected chi connectivity index (χ2v) is 10.9. The van der Waals surface area contributed by atoms with Crippen molar-refractivity contribution in [1.29, 1.82) is 0 Å². The van der Waals surface area contributed by atoms with E-state index in [1.54, 1.807) is 11.3 Å². The molecule has 0 bridgehead atoms. The Morgan fingerprint density at radius 3 is 2.84 bits per heavy atom. The number of ether oxygens (including phenoxy) is 1. The molecule has 0 spiro atoms. The molecular weight excluding hydrogens is 508 g/mol.